The van der Waals surface area contributed by atoms with E-state index in [2.05, 4.69) is 35.3 Å². The fourth-order valence-corrected chi connectivity index (χ4v) is 4.50. The van der Waals surface area contributed by atoms with Crippen molar-refractivity contribution in [3.05, 3.63) is 42.1 Å². The van der Waals surface area contributed by atoms with Crippen molar-refractivity contribution < 1.29 is 14.3 Å². The largest absolute Gasteiger partial charge is 0.483 e. The number of benzene rings is 1. The molecule has 1 spiro atoms. The lowest BCUT2D eigenvalue weighted by molar-refractivity contribution is -0.122. The molecule has 0 saturated carbocycles. The van der Waals surface area contributed by atoms with E-state index in [9.17, 15) is 4.39 Å². The van der Waals surface area contributed by atoms with Crippen LogP contribution >= 0.6 is 0 Å². The van der Waals surface area contributed by atoms with E-state index in [4.69, 9.17) is 14.9 Å². The Morgan fingerprint density at radius 3 is 2.50 bits per heavy atom. The van der Waals surface area contributed by atoms with Crippen molar-refractivity contribution in [2.75, 3.05) is 26.7 Å². The first kappa shape index (κ1) is 20.5. The lowest BCUT2D eigenvalue weighted by Gasteiger charge is -2.50. The quantitative estimate of drug-likeness (QED) is 0.802. The number of rotatable bonds is 2. The Bertz CT molecular complexity index is 812. The summed E-state index contributed by atoms with van der Waals surface area (Å²) < 4.78 is 16.0. The second-order valence-corrected chi connectivity index (χ2v) is 7.82. The molecule has 0 unspecified atom stereocenters. The fraction of sp³-hybridized carbons (Fsp3) is 0.524. The molecule has 0 radical (unpaired) electrons. The van der Waals surface area contributed by atoms with Crippen molar-refractivity contribution in [1.29, 1.82) is 0 Å². The molecule has 3 heterocycles. The number of nitrogens with zero attached hydrogens (tertiary/aromatic N) is 4. The third-order valence-electron chi connectivity index (χ3n) is 6.14. The second kappa shape index (κ2) is 8.41. The number of likely N-dealkylation sites (N-methyl/N-ethyl adjacent to an activating group) is 1. The fourth-order valence-electron chi connectivity index (χ4n) is 4.50. The zero-order valence-electron chi connectivity index (χ0n) is 16.8. The van der Waals surface area contributed by atoms with Crippen molar-refractivity contribution in [2.24, 2.45) is 0 Å². The van der Waals surface area contributed by atoms with Gasteiger partial charge in [-0.25, -0.2) is 9.37 Å². The SMILES string of the molecule is CC(C)N1CCC2(CC1)c1ncc(-c3cccc(F)c3)n1CCN2C.O=CO. The van der Waals surface area contributed by atoms with Gasteiger partial charge in [-0.2, -0.15) is 0 Å². The Morgan fingerprint density at radius 1 is 1.21 bits per heavy atom. The molecule has 1 fully saturated rings. The summed E-state index contributed by atoms with van der Waals surface area (Å²) in [6.07, 6.45) is 4.13. The maximum Gasteiger partial charge on any atom is 0.290 e. The molecule has 0 atom stereocenters. The van der Waals surface area contributed by atoms with Crippen LogP contribution in [0, 0.1) is 5.82 Å². The van der Waals surface area contributed by atoms with E-state index < -0.39 is 0 Å². The van der Waals surface area contributed by atoms with Crippen LogP contribution in [0.15, 0.2) is 30.5 Å². The molecule has 2 aromatic rings. The Morgan fingerprint density at radius 2 is 1.89 bits per heavy atom. The number of fused-ring (bicyclic) bond motifs is 2. The number of carboxylic acid groups (broad SMARTS) is 1. The van der Waals surface area contributed by atoms with Crippen LogP contribution in [0.4, 0.5) is 4.39 Å². The average molecular weight is 388 g/mol. The molecule has 0 aliphatic carbocycles. The Hall–Kier alpha value is -2.25. The average Bonchev–Trinajstić information content (AvgIpc) is 3.11. The number of carbonyl (C=O) groups is 1. The lowest BCUT2D eigenvalue weighted by atomic mass is 9.83. The van der Waals surface area contributed by atoms with Gasteiger partial charge >= 0.3 is 0 Å². The second-order valence-electron chi connectivity index (χ2n) is 7.82. The third-order valence-corrected chi connectivity index (χ3v) is 6.14. The summed E-state index contributed by atoms with van der Waals surface area (Å²) in [5.41, 5.74) is 1.96. The predicted molar refractivity (Wildman–Crippen MR) is 107 cm³/mol. The first-order valence-electron chi connectivity index (χ1n) is 9.78. The summed E-state index contributed by atoms with van der Waals surface area (Å²) in [7, 11) is 2.23. The zero-order valence-corrected chi connectivity index (χ0v) is 16.8. The van der Waals surface area contributed by atoms with E-state index in [1.807, 2.05) is 12.3 Å². The van der Waals surface area contributed by atoms with E-state index in [0.29, 0.717) is 6.04 Å². The minimum absolute atomic E-state index is 0.00914. The van der Waals surface area contributed by atoms with Crippen molar-refractivity contribution in [2.45, 2.75) is 44.8 Å². The van der Waals surface area contributed by atoms with Crippen LogP contribution in [0.5, 0.6) is 0 Å². The van der Waals surface area contributed by atoms with E-state index in [-0.39, 0.29) is 17.8 Å². The molecule has 6 nitrogen and oxygen atoms in total. The number of halogens is 1. The van der Waals surface area contributed by atoms with E-state index in [1.165, 1.54) is 6.07 Å². The Balaban J connectivity index is 0.000000706. The lowest BCUT2D eigenvalue weighted by Crippen LogP contribution is -2.57. The number of imidazole rings is 1. The highest BCUT2D eigenvalue weighted by atomic mass is 19.1. The summed E-state index contributed by atoms with van der Waals surface area (Å²) in [5.74, 6) is 0.963. The number of piperidine rings is 1. The van der Waals surface area contributed by atoms with Crippen LogP contribution in [0.2, 0.25) is 0 Å². The summed E-state index contributed by atoms with van der Waals surface area (Å²) in [4.78, 5) is 18.2. The first-order chi connectivity index (χ1) is 13.4. The summed E-state index contributed by atoms with van der Waals surface area (Å²) >= 11 is 0. The van der Waals surface area contributed by atoms with Gasteiger partial charge in [-0.15, -0.1) is 0 Å². The maximum atomic E-state index is 13.7. The van der Waals surface area contributed by atoms with Gasteiger partial charge in [0.25, 0.3) is 6.47 Å². The number of aromatic nitrogens is 2. The van der Waals surface area contributed by atoms with Gasteiger partial charge in [0.05, 0.1) is 17.4 Å². The van der Waals surface area contributed by atoms with E-state index >= 15 is 0 Å². The molecule has 28 heavy (non-hydrogen) atoms. The minimum atomic E-state index is -0.250. The van der Waals surface area contributed by atoms with Crippen LogP contribution in [0.1, 0.15) is 32.5 Å². The van der Waals surface area contributed by atoms with Gasteiger partial charge in [0, 0.05) is 37.8 Å². The molecule has 4 rings (SSSR count). The highest BCUT2D eigenvalue weighted by molar-refractivity contribution is 5.60. The smallest absolute Gasteiger partial charge is 0.290 e. The molecule has 1 saturated heterocycles. The van der Waals surface area contributed by atoms with E-state index in [1.54, 1.807) is 12.1 Å². The predicted octanol–water partition coefficient (Wildman–Crippen LogP) is 3.03. The van der Waals surface area contributed by atoms with Gasteiger partial charge in [-0.05, 0) is 45.9 Å². The number of hydrogen-bond acceptors (Lipinski definition) is 4. The summed E-state index contributed by atoms with van der Waals surface area (Å²) in [6.45, 7) is 8.41. The third kappa shape index (κ3) is 3.69. The molecule has 2 aliphatic heterocycles. The van der Waals surface area contributed by atoms with Crippen LogP contribution < -0.4 is 0 Å². The Kier molecular flexibility index (Phi) is 6.15. The van der Waals surface area contributed by atoms with Gasteiger partial charge in [-0.1, -0.05) is 12.1 Å². The Labute approximate surface area is 165 Å². The van der Waals surface area contributed by atoms with Crippen molar-refractivity contribution in [3.63, 3.8) is 0 Å². The van der Waals surface area contributed by atoms with Gasteiger partial charge in [0.15, 0.2) is 0 Å². The molecule has 0 bridgehead atoms. The van der Waals surface area contributed by atoms with Gasteiger partial charge in [0.2, 0.25) is 0 Å². The monoisotopic (exact) mass is 388 g/mol. The van der Waals surface area contributed by atoms with Gasteiger partial charge in [-0.3, -0.25) is 9.69 Å². The molecule has 1 aromatic heterocycles. The van der Waals surface area contributed by atoms with Crippen molar-refractivity contribution in [1.82, 2.24) is 19.4 Å². The van der Waals surface area contributed by atoms with Crippen LogP contribution in [0.3, 0.4) is 0 Å². The normalized spacial score (nSPS) is 19.2. The number of likely N-dealkylation sites (tertiary alicyclic amines) is 1. The molecule has 7 heteroatoms. The number of hydrogen-bond donors (Lipinski definition) is 1. The van der Waals surface area contributed by atoms with Crippen molar-refractivity contribution >= 4 is 6.47 Å². The topological polar surface area (TPSA) is 61.6 Å². The molecule has 1 N–H and O–H groups in total. The summed E-state index contributed by atoms with van der Waals surface area (Å²) in [6, 6.07) is 7.44. The molecule has 152 valence electrons. The summed E-state index contributed by atoms with van der Waals surface area (Å²) in [5, 5.41) is 6.89. The minimum Gasteiger partial charge on any atom is -0.483 e. The maximum absolute atomic E-state index is 13.7. The molecular formula is C21H29FN4O2. The van der Waals surface area contributed by atoms with Gasteiger partial charge < -0.3 is 14.6 Å². The van der Waals surface area contributed by atoms with Crippen molar-refractivity contribution in [3.8, 4) is 11.3 Å². The molecular weight excluding hydrogens is 359 g/mol. The standard InChI is InChI=1S/C20H27FN4.CH2O2/c1-15(2)24-9-7-20(8-10-24)19-22-14-18(25(19)12-11-23(20)3)16-5-4-6-17(21)13-16;2-1-3/h4-6,13-15H,7-12H2,1-3H3;1H,(H,2,3). The highest BCUT2D eigenvalue weighted by Crippen LogP contribution is 2.41. The van der Waals surface area contributed by atoms with Crippen LogP contribution in [-0.2, 0) is 16.9 Å². The van der Waals surface area contributed by atoms with Crippen LogP contribution in [-0.4, -0.2) is 63.7 Å². The van der Waals surface area contributed by atoms with Crippen LogP contribution in [0.25, 0.3) is 11.3 Å². The molecule has 2 aliphatic rings. The van der Waals surface area contributed by atoms with E-state index in [0.717, 1.165) is 56.1 Å². The van der Waals surface area contributed by atoms with Gasteiger partial charge in [0.1, 0.15) is 11.6 Å². The molecule has 1 aromatic carbocycles. The zero-order chi connectivity index (χ0) is 20.3. The highest BCUT2D eigenvalue weighted by Gasteiger charge is 2.45. The molecule has 0 amide bonds. The first-order valence-corrected chi connectivity index (χ1v) is 9.78.